The fraction of sp³-hybridized carbons (Fsp3) is 0.136. The molecular formula is C22H20N2O6S. The first-order valence-electron chi connectivity index (χ1n) is 9.34. The topological polar surface area (TPSA) is 103 Å². The Labute approximate surface area is 179 Å². The molecule has 0 saturated carbocycles. The number of aryl methyl sites for hydroxylation is 1. The van der Waals surface area contributed by atoms with Gasteiger partial charge >= 0.3 is 0 Å². The van der Waals surface area contributed by atoms with Crippen LogP contribution in [0.4, 0.5) is 11.4 Å². The predicted octanol–water partition coefficient (Wildman–Crippen LogP) is 3.79. The summed E-state index contributed by atoms with van der Waals surface area (Å²) in [6.45, 7) is 2.01. The SMILES string of the molecule is COc1ccc(S(=O)(=O)Nc2ccc3c(c2)OCO3)cc1NC(=O)c1ccc(C)cc1. The second-order valence-corrected chi connectivity index (χ2v) is 8.54. The molecular weight excluding hydrogens is 420 g/mol. The lowest BCUT2D eigenvalue weighted by Crippen LogP contribution is -2.15. The first kappa shape index (κ1) is 20.5. The minimum atomic E-state index is -3.94. The van der Waals surface area contributed by atoms with Crippen LogP contribution in [0.1, 0.15) is 15.9 Å². The maximum Gasteiger partial charge on any atom is 0.261 e. The van der Waals surface area contributed by atoms with Gasteiger partial charge in [-0.25, -0.2) is 8.42 Å². The van der Waals surface area contributed by atoms with Gasteiger partial charge in [0, 0.05) is 11.6 Å². The summed E-state index contributed by atoms with van der Waals surface area (Å²) in [5.74, 6) is 0.966. The van der Waals surface area contributed by atoms with Crippen LogP contribution in [0.2, 0.25) is 0 Å². The van der Waals surface area contributed by atoms with Crippen molar-refractivity contribution < 1.29 is 27.4 Å². The van der Waals surface area contributed by atoms with Crippen LogP contribution in [0.3, 0.4) is 0 Å². The zero-order chi connectivity index (χ0) is 22.0. The van der Waals surface area contributed by atoms with E-state index >= 15 is 0 Å². The standard InChI is InChI=1S/C22H20N2O6S/c1-14-3-5-15(6-4-14)22(25)23-18-12-17(8-10-19(18)28-2)31(26,27)24-16-7-9-20-21(11-16)30-13-29-20/h3-12,24H,13H2,1-2H3,(H,23,25). The molecule has 8 nitrogen and oxygen atoms in total. The molecule has 0 fully saturated rings. The number of ether oxygens (including phenoxy) is 3. The number of hydrogen-bond acceptors (Lipinski definition) is 6. The van der Waals surface area contributed by atoms with Gasteiger partial charge < -0.3 is 19.5 Å². The Kier molecular flexibility index (Phi) is 5.43. The Hall–Kier alpha value is -3.72. The van der Waals surface area contributed by atoms with E-state index < -0.39 is 10.0 Å². The number of anilines is 2. The molecule has 0 unspecified atom stereocenters. The van der Waals surface area contributed by atoms with Crippen LogP contribution < -0.4 is 24.2 Å². The quantitative estimate of drug-likeness (QED) is 0.605. The number of carbonyl (C=O) groups is 1. The summed E-state index contributed by atoms with van der Waals surface area (Å²) in [5, 5.41) is 2.71. The van der Waals surface area contributed by atoms with Gasteiger partial charge in [-0.1, -0.05) is 17.7 Å². The summed E-state index contributed by atoms with van der Waals surface area (Å²) in [6.07, 6.45) is 0. The third-order valence-corrected chi connectivity index (χ3v) is 6.05. The average Bonchev–Trinajstić information content (AvgIpc) is 3.21. The van der Waals surface area contributed by atoms with Crippen molar-refractivity contribution in [3.05, 3.63) is 71.8 Å². The van der Waals surface area contributed by atoms with E-state index in [1.807, 2.05) is 19.1 Å². The zero-order valence-corrected chi connectivity index (χ0v) is 17.7. The summed E-state index contributed by atoms with van der Waals surface area (Å²) in [7, 11) is -2.50. The van der Waals surface area contributed by atoms with Crippen molar-refractivity contribution in [1.82, 2.24) is 0 Å². The van der Waals surface area contributed by atoms with Gasteiger partial charge in [0.05, 0.1) is 23.4 Å². The van der Waals surface area contributed by atoms with Crippen LogP contribution in [-0.2, 0) is 10.0 Å². The maximum absolute atomic E-state index is 12.9. The number of fused-ring (bicyclic) bond motifs is 1. The number of nitrogens with one attached hydrogen (secondary N) is 2. The lowest BCUT2D eigenvalue weighted by atomic mass is 10.1. The van der Waals surface area contributed by atoms with Crippen molar-refractivity contribution in [2.75, 3.05) is 23.9 Å². The number of benzene rings is 3. The van der Waals surface area contributed by atoms with Gasteiger partial charge in [-0.3, -0.25) is 9.52 Å². The number of carbonyl (C=O) groups excluding carboxylic acids is 1. The molecule has 1 amide bonds. The summed E-state index contributed by atoms with van der Waals surface area (Å²) in [4.78, 5) is 12.6. The predicted molar refractivity (Wildman–Crippen MR) is 115 cm³/mol. The molecule has 0 aromatic heterocycles. The van der Waals surface area contributed by atoms with Gasteiger partial charge in [0.25, 0.3) is 15.9 Å². The molecule has 0 spiro atoms. The van der Waals surface area contributed by atoms with Gasteiger partial charge in [-0.2, -0.15) is 0 Å². The zero-order valence-electron chi connectivity index (χ0n) is 16.8. The summed E-state index contributed by atoms with van der Waals surface area (Å²) < 4.78 is 44.1. The smallest absolute Gasteiger partial charge is 0.261 e. The maximum atomic E-state index is 12.9. The number of amides is 1. The second kappa shape index (κ2) is 8.19. The highest BCUT2D eigenvalue weighted by molar-refractivity contribution is 7.92. The second-order valence-electron chi connectivity index (χ2n) is 6.86. The fourth-order valence-electron chi connectivity index (χ4n) is 3.03. The molecule has 0 saturated heterocycles. The number of methoxy groups -OCH3 is 1. The van der Waals surface area contributed by atoms with Gasteiger partial charge in [0.2, 0.25) is 6.79 Å². The van der Waals surface area contributed by atoms with Gasteiger partial charge in [0.15, 0.2) is 11.5 Å². The Balaban J connectivity index is 1.59. The van der Waals surface area contributed by atoms with Crippen molar-refractivity contribution in [1.29, 1.82) is 0 Å². The summed E-state index contributed by atoms with van der Waals surface area (Å²) >= 11 is 0. The molecule has 3 aromatic rings. The fourth-order valence-corrected chi connectivity index (χ4v) is 4.10. The molecule has 3 aromatic carbocycles. The van der Waals surface area contributed by atoms with E-state index in [1.165, 1.54) is 25.3 Å². The lowest BCUT2D eigenvalue weighted by molar-refractivity contribution is 0.102. The molecule has 1 aliphatic heterocycles. The largest absolute Gasteiger partial charge is 0.495 e. The van der Waals surface area contributed by atoms with E-state index in [0.717, 1.165) is 5.56 Å². The number of hydrogen-bond donors (Lipinski definition) is 2. The molecule has 160 valence electrons. The van der Waals surface area contributed by atoms with Crippen LogP contribution in [0.5, 0.6) is 17.2 Å². The highest BCUT2D eigenvalue weighted by Crippen LogP contribution is 2.35. The van der Waals surface area contributed by atoms with E-state index in [0.29, 0.717) is 28.5 Å². The third-order valence-electron chi connectivity index (χ3n) is 4.67. The van der Waals surface area contributed by atoms with Crippen molar-refractivity contribution in [3.63, 3.8) is 0 Å². The molecule has 0 bridgehead atoms. The van der Waals surface area contributed by atoms with Crippen LogP contribution in [0, 0.1) is 6.92 Å². The Morgan fingerprint density at radius 1 is 0.968 bits per heavy atom. The minimum Gasteiger partial charge on any atom is -0.495 e. The molecule has 31 heavy (non-hydrogen) atoms. The third kappa shape index (κ3) is 4.41. The lowest BCUT2D eigenvalue weighted by Gasteiger charge is -2.14. The van der Waals surface area contributed by atoms with Crippen LogP contribution >= 0.6 is 0 Å². The van der Waals surface area contributed by atoms with Gasteiger partial charge in [-0.15, -0.1) is 0 Å². The Morgan fingerprint density at radius 2 is 1.71 bits per heavy atom. The van der Waals surface area contributed by atoms with E-state index in [-0.39, 0.29) is 23.3 Å². The van der Waals surface area contributed by atoms with E-state index in [2.05, 4.69) is 10.0 Å². The molecule has 1 heterocycles. The molecule has 9 heteroatoms. The summed E-state index contributed by atoms with van der Waals surface area (Å²) in [6, 6.07) is 16.0. The number of sulfonamides is 1. The van der Waals surface area contributed by atoms with Crippen LogP contribution in [0.25, 0.3) is 0 Å². The van der Waals surface area contributed by atoms with E-state index in [9.17, 15) is 13.2 Å². The van der Waals surface area contributed by atoms with Crippen molar-refractivity contribution in [2.45, 2.75) is 11.8 Å². The first-order chi connectivity index (χ1) is 14.9. The average molecular weight is 440 g/mol. The Morgan fingerprint density at radius 3 is 2.45 bits per heavy atom. The number of rotatable bonds is 6. The Bertz CT molecular complexity index is 1240. The first-order valence-corrected chi connectivity index (χ1v) is 10.8. The highest BCUT2D eigenvalue weighted by atomic mass is 32.2. The van der Waals surface area contributed by atoms with E-state index in [1.54, 1.807) is 30.3 Å². The minimum absolute atomic E-state index is 0.0369. The van der Waals surface area contributed by atoms with Gasteiger partial charge in [0.1, 0.15) is 5.75 Å². The molecule has 4 rings (SSSR count). The monoisotopic (exact) mass is 440 g/mol. The summed E-state index contributed by atoms with van der Waals surface area (Å²) in [5.41, 5.74) is 2.03. The normalized spacial score (nSPS) is 12.3. The molecule has 0 radical (unpaired) electrons. The molecule has 0 aliphatic carbocycles. The van der Waals surface area contributed by atoms with Crippen molar-refractivity contribution >= 4 is 27.3 Å². The van der Waals surface area contributed by atoms with Crippen molar-refractivity contribution in [2.24, 2.45) is 0 Å². The van der Waals surface area contributed by atoms with Crippen molar-refractivity contribution in [3.8, 4) is 17.2 Å². The highest BCUT2D eigenvalue weighted by Gasteiger charge is 2.20. The van der Waals surface area contributed by atoms with Crippen LogP contribution in [0.15, 0.2) is 65.6 Å². The van der Waals surface area contributed by atoms with Gasteiger partial charge in [-0.05, 0) is 49.4 Å². The van der Waals surface area contributed by atoms with E-state index in [4.69, 9.17) is 14.2 Å². The molecule has 1 aliphatic rings. The molecule has 0 atom stereocenters. The van der Waals surface area contributed by atoms with Crippen LogP contribution in [-0.4, -0.2) is 28.2 Å². The molecule has 2 N–H and O–H groups in total.